The van der Waals surface area contributed by atoms with Gasteiger partial charge in [-0.1, -0.05) is 11.6 Å². The molecule has 0 N–H and O–H groups in total. The molecule has 0 amide bonds. The van der Waals surface area contributed by atoms with Gasteiger partial charge in [-0.2, -0.15) is 13.2 Å². The lowest BCUT2D eigenvalue weighted by Gasteiger charge is -2.32. The lowest BCUT2D eigenvalue weighted by atomic mass is 9.78. The summed E-state index contributed by atoms with van der Waals surface area (Å²) in [5.41, 5.74) is -4.01. The smallest absolute Gasteiger partial charge is 0.399 e. The number of nitrogens with zero attached hydrogens (tertiary/aromatic N) is 1. The van der Waals surface area contributed by atoms with Crippen LogP contribution in [0.1, 0.15) is 33.3 Å². The minimum atomic E-state index is -4.89. The van der Waals surface area contributed by atoms with Crippen molar-refractivity contribution in [1.29, 1.82) is 0 Å². The van der Waals surface area contributed by atoms with Gasteiger partial charge in [-0.25, -0.2) is 0 Å². The molecule has 0 unspecified atom stereocenters. The van der Waals surface area contributed by atoms with E-state index >= 15 is 0 Å². The van der Waals surface area contributed by atoms with Gasteiger partial charge in [0.2, 0.25) is 0 Å². The highest BCUT2D eigenvalue weighted by molar-refractivity contribution is 6.65. The highest BCUT2D eigenvalue weighted by Crippen LogP contribution is 2.40. The van der Waals surface area contributed by atoms with E-state index in [0.29, 0.717) is 6.07 Å². The highest BCUT2D eigenvalue weighted by Gasteiger charge is 2.53. The summed E-state index contributed by atoms with van der Waals surface area (Å²) < 4.78 is 50.1. The molecule has 1 aliphatic heterocycles. The van der Waals surface area contributed by atoms with Crippen LogP contribution in [0.15, 0.2) is 12.1 Å². The summed E-state index contributed by atoms with van der Waals surface area (Å²) in [7, 11) is -1.09. The second-order valence-electron chi connectivity index (χ2n) is 6.23. The molecule has 2 rings (SSSR count). The zero-order valence-electron chi connectivity index (χ0n) is 12.8. The molecule has 1 aromatic carbocycles. The molecular formula is C13H14BClF3NO4. The van der Waals surface area contributed by atoms with Gasteiger partial charge in [-0.3, -0.25) is 10.1 Å². The molecule has 5 nitrogen and oxygen atoms in total. The van der Waals surface area contributed by atoms with Crippen LogP contribution in [0.25, 0.3) is 0 Å². The Kier molecular flexibility index (Phi) is 4.20. The van der Waals surface area contributed by atoms with E-state index in [1.54, 1.807) is 27.7 Å². The third-order valence-electron chi connectivity index (χ3n) is 4.12. The van der Waals surface area contributed by atoms with Gasteiger partial charge in [0, 0.05) is 16.6 Å². The number of nitro groups is 1. The van der Waals surface area contributed by atoms with Crippen LogP contribution in [-0.2, 0) is 15.5 Å². The van der Waals surface area contributed by atoms with E-state index in [4.69, 9.17) is 20.9 Å². The third kappa shape index (κ3) is 3.18. The minimum Gasteiger partial charge on any atom is -0.399 e. The Hall–Kier alpha value is -1.32. The molecule has 0 atom stereocenters. The first-order valence-electron chi connectivity index (χ1n) is 6.67. The van der Waals surface area contributed by atoms with Crippen molar-refractivity contribution in [1.82, 2.24) is 0 Å². The van der Waals surface area contributed by atoms with Crippen LogP contribution in [0, 0.1) is 10.1 Å². The fraction of sp³-hybridized carbons (Fsp3) is 0.538. The third-order valence-corrected chi connectivity index (χ3v) is 4.45. The molecule has 1 aromatic rings. The normalized spacial score (nSPS) is 19.9. The van der Waals surface area contributed by atoms with Crippen LogP contribution in [0.3, 0.4) is 0 Å². The summed E-state index contributed by atoms with van der Waals surface area (Å²) >= 11 is 5.90. The molecule has 10 heteroatoms. The van der Waals surface area contributed by atoms with Gasteiger partial charge >= 0.3 is 13.3 Å². The molecule has 0 aromatic heterocycles. The lowest BCUT2D eigenvalue weighted by Crippen LogP contribution is -2.41. The van der Waals surface area contributed by atoms with E-state index in [1.807, 2.05) is 0 Å². The van der Waals surface area contributed by atoms with E-state index in [1.165, 1.54) is 0 Å². The predicted molar refractivity (Wildman–Crippen MR) is 78.8 cm³/mol. The van der Waals surface area contributed by atoms with Crippen molar-refractivity contribution < 1.29 is 27.4 Å². The van der Waals surface area contributed by atoms with Gasteiger partial charge in [-0.15, -0.1) is 0 Å². The Bertz CT molecular complexity index is 647. The number of benzene rings is 1. The number of hydrogen-bond donors (Lipinski definition) is 0. The Morgan fingerprint density at radius 3 is 2.04 bits per heavy atom. The van der Waals surface area contributed by atoms with Gasteiger partial charge in [0.25, 0.3) is 5.69 Å². The minimum absolute atomic E-state index is 0.00924. The molecule has 1 heterocycles. The average molecular weight is 352 g/mol. The molecule has 126 valence electrons. The Balaban J connectivity index is 2.54. The van der Waals surface area contributed by atoms with Gasteiger partial charge in [0.15, 0.2) is 0 Å². The van der Waals surface area contributed by atoms with Crippen molar-refractivity contribution in [3.8, 4) is 0 Å². The standard InChI is InChI=1S/C13H14BClF3NO4/c1-11(2)12(3,4)23-14(22-11)8-6-10(19(20)21)7(5-9(8)15)13(16,17)18/h5-6H,1-4H3. The molecule has 0 saturated carbocycles. The Morgan fingerprint density at radius 2 is 1.65 bits per heavy atom. The maximum Gasteiger partial charge on any atom is 0.496 e. The van der Waals surface area contributed by atoms with Crippen LogP contribution in [0.5, 0.6) is 0 Å². The number of alkyl halides is 3. The van der Waals surface area contributed by atoms with Crippen LogP contribution < -0.4 is 5.46 Å². The van der Waals surface area contributed by atoms with Crippen molar-refractivity contribution in [3.05, 3.63) is 32.8 Å². The number of nitro benzene ring substituents is 1. The van der Waals surface area contributed by atoms with Crippen LogP contribution in [-0.4, -0.2) is 23.2 Å². The molecule has 1 saturated heterocycles. The zero-order valence-corrected chi connectivity index (χ0v) is 13.6. The average Bonchev–Trinajstić information content (AvgIpc) is 2.56. The quantitative estimate of drug-likeness (QED) is 0.464. The Morgan fingerprint density at radius 1 is 1.17 bits per heavy atom. The van der Waals surface area contributed by atoms with Crippen molar-refractivity contribution in [2.24, 2.45) is 0 Å². The highest BCUT2D eigenvalue weighted by atomic mass is 35.5. The molecule has 0 spiro atoms. The molecule has 23 heavy (non-hydrogen) atoms. The lowest BCUT2D eigenvalue weighted by molar-refractivity contribution is -0.388. The molecule has 0 bridgehead atoms. The molecule has 1 aliphatic rings. The second kappa shape index (κ2) is 5.36. The maximum absolute atomic E-state index is 12.9. The van der Waals surface area contributed by atoms with E-state index in [0.717, 1.165) is 6.07 Å². The number of rotatable bonds is 2. The van der Waals surface area contributed by atoms with E-state index in [2.05, 4.69) is 0 Å². The summed E-state index contributed by atoms with van der Waals surface area (Å²) in [5.74, 6) is 0. The Labute approximate surface area is 136 Å². The number of halogens is 4. The van der Waals surface area contributed by atoms with E-state index in [9.17, 15) is 23.3 Å². The summed E-state index contributed by atoms with van der Waals surface area (Å²) in [4.78, 5) is 9.88. The zero-order chi connectivity index (χ0) is 17.8. The second-order valence-corrected chi connectivity index (χ2v) is 6.64. The topological polar surface area (TPSA) is 61.6 Å². The largest absolute Gasteiger partial charge is 0.496 e. The summed E-state index contributed by atoms with van der Waals surface area (Å²) in [6, 6.07) is 1.29. The van der Waals surface area contributed by atoms with Gasteiger partial charge in [0.05, 0.1) is 16.1 Å². The van der Waals surface area contributed by atoms with Crippen LogP contribution in [0.4, 0.5) is 18.9 Å². The summed E-state index contributed by atoms with van der Waals surface area (Å²) in [6.45, 7) is 7.00. The van der Waals surface area contributed by atoms with Crippen LogP contribution >= 0.6 is 11.6 Å². The van der Waals surface area contributed by atoms with Crippen molar-refractivity contribution in [3.63, 3.8) is 0 Å². The van der Waals surface area contributed by atoms with Crippen molar-refractivity contribution in [2.45, 2.75) is 45.1 Å². The van der Waals surface area contributed by atoms with E-state index < -0.39 is 40.7 Å². The summed E-state index contributed by atoms with van der Waals surface area (Å²) in [6.07, 6.45) is -4.89. The molecular weight excluding hydrogens is 337 g/mol. The summed E-state index contributed by atoms with van der Waals surface area (Å²) in [5, 5.41) is 10.7. The maximum atomic E-state index is 12.9. The molecule has 1 fully saturated rings. The van der Waals surface area contributed by atoms with Gasteiger partial charge in [0.1, 0.15) is 5.56 Å². The van der Waals surface area contributed by atoms with Crippen molar-refractivity contribution in [2.75, 3.05) is 0 Å². The first-order valence-corrected chi connectivity index (χ1v) is 7.05. The monoisotopic (exact) mass is 351 g/mol. The van der Waals surface area contributed by atoms with Crippen LogP contribution in [0.2, 0.25) is 5.02 Å². The first kappa shape index (κ1) is 18.0. The van der Waals surface area contributed by atoms with Gasteiger partial charge in [-0.05, 0) is 33.8 Å². The van der Waals surface area contributed by atoms with E-state index in [-0.39, 0.29) is 10.5 Å². The van der Waals surface area contributed by atoms with Crippen molar-refractivity contribution >= 4 is 29.9 Å². The SMILES string of the molecule is CC1(C)OB(c2cc([N+](=O)[O-])c(C(F)(F)F)cc2Cl)OC1(C)C. The fourth-order valence-electron chi connectivity index (χ4n) is 2.11. The first-order chi connectivity index (χ1) is 10.3. The predicted octanol–water partition coefficient (Wildman–Crippen LogP) is 3.57. The van der Waals surface area contributed by atoms with Gasteiger partial charge < -0.3 is 9.31 Å². The molecule has 0 radical (unpaired) electrons. The molecule has 0 aliphatic carbocycles. The fourth-order valence-corrected chi connectivity index (χ4v) is 2.36. The number of hydrogen-bond acceptors (Lipinski definition) is 4.